The molecule has 1 N–H and O–H groups in total. The minimum atomic E-state index is -3.45. The minimum absolute atomic E-state index is 0.135. The summed E-state index contributed by atoms with van der Waals surface area (Å²) >= 11 is 7.59. The Labute approximate surface area is 175 Å². The first kappa shape index (κ1) is 21.2. The summed E-state index contributed by atoms with van der Waals surface area (Å²) in [5.74, 6) is 0.808. The molecule has 1 aliphatic heterocycles. The standard InChI is InChI=1S/C20H23ClN2O3S2/c21-19-7-3-2-6-16(19)14-27-15-20(24)22-17-8-10-18(11-9-17)28(25,26)23-12-4-1-5-13-23/h2-3,6-11H,1,4-5,12-15H2,(H,22,24). The quantitative estimate of drug-likeness (QED) is 0.696. The van der Waals surface area contributed by atoms with Crippen LogP contribution in [0.2, 0.25) is 5.02 Å². The van der Waals surface area contributed by atoms with E-state index in [0.29, 0.717) is 35.3 Å². The summed E-state index contributed by atoms with van der Waals surface area (Å²) in [6.07, 6.45) is 2.88. The van der Waals surface area contributed by atoms with E-state index in [1.165, 1.54) is 16.1 Å². The van der Waals surface area contributed by atoms with Crippen LogP contribution in [0.4, 0.5) is 5.69 Å². The summed E-state index contributed by atoms with van der Waals surface area (Å²) in [7, 11) is -3.45. The molecule has 5 nitrogen and oxygen atoms in total. The number of carbonyl (C=O) groups is 1. The number of anilines is 1. The molecule has 1 amide bonds. The van der Waals surface area contributed by atoms with E-state index in [4.69, 9.17) is 11.6 Å². The lowest BCUT2D eigenvalue weighted by Gasteiger charge is -2.25. The SMILES string of the molecule is O=C(CSCc1ccccc1Cl)Nc1ccc(S(=O)(=O)N2CCCCC2)cc1. The van der Waals surface area contributed by atoms with Gasteiger partial charge in [-0.2, -0.15) is 4.31 Å². The van der Waals surface area contributed by atoms with Crippen LogP contribution in [0, 0.1) is 0 Å². The number of amides is 1. The van der Waals surface area contributed by atoms with Crippen LogP contribution in [-0.4, -0.2) is 37.5 Å². The molecule has 1 fully saturated rings. The molecule has 0 aliphatic carbocycles. The van der Waals surface area contributed by atoms with Gasteiger partial charge in [0.25, 0.3) is 0 Å². The predicted octanol–water partition coefficient (Wildman–Crippen LogP) is 4.39. The molecule has 8 heteroatoms. The zero-order chi connectivity index (χ0) is 20.0. The Morgan fingerprint density at radius 3 is 2.39 bits per heavy atom. The van der Waals surface area contributed by atoms with Crippen LogP contribution < -0.4 is 5.32 Å². The van der Waals surface area contributed by atoms with E-state index < -0.39 is 10.0 Å². The number of rotatable bonds is 7. The Balaban J connectivity index is 1.52. The topological polar surface area (TPSA) is 66.5 Å². The van der Waals surface area contributed by atoms with E-state index in [1.807, 2.05) is 24.3 Å². The summed E-state index contributed by atoms with van der Waals surface area (Å²) < 4.78 is 26.8. The highest BCUT2D eigenvalue weighted by molar-refractivity contribution is 7.99. The average molecular weight is 439 g/mol. The average Bonchev–Trinajstić information content (AvgIpc) is 2.70. The number of sulfonamides is 1. The van der Waals surface area contributed by atoms with Crippen molar-refractivity contribution in [3.63, 3.8) is 0 Å². The Morgan fingerprint density at radius 1 is 1.04 bits per heavy atom. The van der Waals surface area contributed by atoms with Crippen molar-refractivity contribution in [1.29, 1.82) is 0 Å². The van der Waals surface area contributed by atoms with Gasteiger partial charge in [0.2, 0.25) is 15.9 Å². The van der Waals surface area contributed by atoms with Crippen molar-refractivity contribution in [2.75, 3.05) is 24.2 Å². The fourth-order valence-electron chi connectivity index (χ4n) is 3.03. The van der Waals surface area contributed by atoms with Gasteiger partial charge in [-0.05, 0) is 48.7 Å². The minimum Gasteiger partial charge on any atom is -0.325 e. The van der Waals surface area contributed by atoms with Crippen LogP contribution in [0.1, 0.15) is 24.8 Å². The maximum atomic E-state index is 12.6. The molecule has 1 saturated heterocycles. The number of halogens is 1. The van der Waals surface area contributed by atoms with Gasteiger partial charge in [0.05, 0.1) is 10.6 Å². The van der Waals surface area contributed by atoms with Crippen LogP contribution in [0.15, 0.2) is 53.4 Å². The van der Waals surface area contributed by atoms with Crippen LogP contribution in [0.3, 0.4) is 0 Å². The number of piperidine rings is 1. The summed E-state index contributed by atoms with van der Waals surface area (Å²) in [5.41, 5.74) is 1.58. The number of carbonyl (C=O) groups excluding carboxylic acids is 1. The van der Waals surface area contributed by atoms with Crippen LogP contribution in [0.5, 0.6) is 0 Å². The molecule has 28 heavy (non-hydrogen) atoms. The molecule has 1 aliphatic rings. The van der Waals surface area contributed by atoms with Gasteiger partial charge >= 0.3 is 0 Å². The summed E-state index contributed by atoms with van der Waals surface area (Å²) in [6, 6.07) is 13.9. The van der Waals surface area contributed by atoms with E-state index in [9.17, 15) is 13.2 Å². The van der Waals surface area contributed by atoms with Gasteiger partial charge in [0, 0.05) is 29.6 Å². The van der Waals surface area contributed by atoms with Crippen LogP contribution in [0.25, 0.3) is 0 Å². The lowest BCUT2D eigenvalue weighted by Crippen LogP contribution is -2.35. The number of benzene rings is 2. The second-order valence-corrected chi connectivity index (χ2v) is 9.95. The molecule has 1 heterocycles. The fourth-order valence-corrected chi connectivity index (χ4v) is 5.66. The Bertz CT molecular complexity index is 911. The first-order chi connectivity index (χ1) is 13.5. The maximum absolute atomic E-state index is 12.6. The lowest BCUT2D eigenvalue weighted by molar-refractivity contribution is -0.113. The summed E-state index contributed by atoms with van der Waals surface area (Å²) in [6.45, 7) is 1.15. The molecule has 0 radical (unpaired) electrons. The first-order valence-corrected chi connectivity index (χ1v) is 12.2. The fraction of sp³-hybridized carbons (Fsp3) is 0.350. The monoisotopic (exact) mass is 438 g/mol. The van der Waals surface area contributed by atoms with E-state index in [1.54, 1.807) is 24.3 Å². The number of hydrogen-bond donors (Lipinski definition) is 1. The highest BCUT2D eigenvalue weighted by Crippen LogP contribution is 2.23. The normalized spacial score (nSPS) is 15.3. The number of hydrogen-bond acceptors (Lipinski definition) is 4. The Hall–Kier alpha value is -1.54. The van der Waals surface area contributed by atoms with Crippen molar-refractivity contribution >= 4 is 45.0 Å². The van der Waals surface area contributed by atoms with Crippen molar-refractivity contribution in [2.24, 2.45) is 0 Å². The molecular weight excluding hydrogens is 416 g/mol. The number of nitrogens with one attached hydrogen (secondary N) is 1. The maximum Gasteiger partial charge on any atom is 0.243 e. The predicted molar refractivity (Wildman–Crippen MR) is 115 cm³/mol. The summed E-state index contributed by atoms with van der Waals surface area (Å²) in [5, 5.41) is 3.50. The second kappa shape index (κ2) is 9.78. The molecule has 0 aromatic heterocycles. The molecule has 2 aromatic carbocycles. The zero-order valence-corrected chi connectivity index (χ0v) is 17.8. The van der Waals surface area contributed by atoms with Gasteiger partial charge in [-0.15, -0.1) is 11.8 Å². The van der Waals surface area contributed by atoms with E-state index >= 15 is 0 Å². The van der Waals surface area contributed by atoms with Crippen molar-refractivity contribution < 1.29 is 13.2 Å². The zero-order valence-electron chi connectivity index (χ0n) is 15.4. The van der Waals surface area contributed by atoms with Gasteiger partial charge in [0.1, 0.15) is 0 Å². The number of nitrogens with zero attached hydrogens (tertiary/aromatic N) is 1. The van der Waals surface area contributed by atoms with Gasteiger partial charge in [-0.25, -0.2) is 8.42 Å². The molecule has 150 valence electrons. The van der Waals surface area contributed by atoms with Crippen LogP contribution >= 0.6 is 23.4 Å². The third-order valence-corrected chi connectivity index (χ3v) is 7.80. The molecular formula is C20H23ClN2O3S2. The van der Waals surface area contributed by atoms with Gasteiger partial charge < -0.3 is 5.32 Å². The van der Waals surface area contributed by atoms with Crippen molar-refractivity contribution in [3.8, 4) is 0 Å². The lowest BCUT2D eigenvalue weighted by atomic mass is 10.2. The molecule has 0 saturated carbocycles. The van der Waals surface area contributed by atoms with Crippen molar-refractivity contribution in [1.82, 2.24) is 4.31 Å². The number of thioether (sulfide) groups is 1. The molecule has 3 rings (SSSR count). The highest BCUT2D eigenvalue weighted by Gasteiger charge is 2.25. The van der Waals surface area contributed by atoms with Crippen molar-refractivity contribution in [2.45, 2.75) is 29.9 Å². The molecule has 0 atom stereocenters. The third-order valence-electron chi connectivity index (χ3n) is 4.54. The van der Waals surface area contributed by atoms with E-state index in [-0.39, 0.29) is 10.8 Å². The third kappa shape index (κ3) is 5.50. The Kier molecular flexibility index (Phi) is 7.40. The largest absolute Gasteiger partial charge is 0.325 e. The van der Waals surface area contributed by atoms with Gasteiger partial charge in [-0.1, -0.05) is 36.2 Å². The van der Waals surface area contributed by atoms with Crippen LogP contribution in [-0.2, 0) is 20.6 Å². The highest BCUT2D eigenvalue weighted by atomic mass is 35.5. The summed E-state index contributed by atoms with van der Waals surface area (Å²) in [4.78, 5) is 12.4. The molecule has 0 spiro atoms. The second-order valence-electron chi connectivity index (χ2n) is 6.62. The van der Waals surface area contributed by atoms with Gasteiger partial charge in [0.15, 0.2) is 0 Å². The van der Waals surface area contributed by atoms with Crippen molar-refractivity contribution in [3.05, 3.63) is 59.1 Å². The first-order valence-electron chi connectivity index (χ1n) is 9.18. The van der Waals surface area contributed by atoms with E-state index in [0.717, 1.165) is 24.8 Å². The molecule has 0 unspecified atom stereocenters. The smallest absolute Gasteiger partial charge is 0.243 e. The van der Waals surface area contributed by atoms with E-state index in [2.05, 4.69) is 5.32 Å². The van der Waals surface area contributed by atoms with Gasteiger partial charge in [-0.3, -0.25) is 4.79 Å². The Morgan fingerprint density at radius 2 is 1.71 bits per heavy atom. The molecule has 2 aromatic rings. The molecule has 0 bridgehead atoms.